The van der Waals surface area contributed by atoms with E-state index in [0.717, 1.165) is 66.3 Å². The van der Waals surface area contributed by atoms with Gasteiger partial charge < -0.3 is 30.9 Å². The molecule has 1 heterocycles. The fourth-order valence-electron chi connectivity index (χ4n) is 8.04. The lowest BCUT2D eigenvalue weighted by atomic mass is 9.81. The summed E-state index contributed by atoms with van der Waals surface area (Å²) in [5.41, 5.74) is 5.11. The molecule has 0 bridgehead atoms. The summed E-state index contributed by atoms with van der Waals surface area (Å²) in [7, 11) is 4.23. The highest BCUT2D eigenvalue weighted by Crippen LogP contribution is 2.30. The second-order valence-electron chi connectivity index (χ2n) is 17.4. The quantitative estimate of drug-likeness (QED) is 0.102. The van der Waals surface area contributed by atoms with Crippen molar-refractivity contribution in [2.45, 2.75) is 109 Å². The Labute approximate surface area is 347 Å². The van der Waals surface area contributed by atoms with E-state index in [0.29, 0.717) is 42.5 Å². The van der Waals surface area contributed by atoms with E-state index < -0.39 is 17.7 Å². The minimum atomic E-state index is -0.848. The summed E-state index contributed by atoms with van der Waals surface area (Å²) in [4.78, 5) is 55.5. The summed E-state index contributed by atoms with van der Waals surface area (Å²) in [6.45, 7) is 7.97. The van der Waals surface area contributed by atoms with Gasteiger partial charge in [-0.15, -0.1) is 10.2 Å². The third-order valence-electron chi connectivity index (χ3n) is 11.4. The lowest BCUT2D eigenvalue weighted by molar-refractivity contribution is -0.130. The van der Waals surface area contributed by atoms with Gasteiger partial charge in [0, 0.05) is 47.8 Å². The number of nitrogens with one attached hydrogen (secondary N) is 5. The second kappa shape index (κ2) is 19.4. The first-order valence-electron chi connectivity index (χ1n) is 20.8. The highest BCUT2D eigenvalue weighted by Gasteiger charge is 2.31. The van der Waals surface area contributed by atoms with Crippen LogP contribution in [0, 0.1) is 18.8 Å². The standard InChI is InChI=1S/C45H59N9O5/c1-28-23-34(26-35(24-28)42(56)47-37-19-21-38(22-20-37)54(5)6)31-11-7-29(8-12-31)25-39(43(57)48-36-17-15-32(16-18-36)40-50-52-53-51-40)49-41(55)33-13-9-30(10-14-33)27-46-44(58)59-45(2,3)4/h7-8,11-12,15-18,23-24,26,30,33,37-39H,9-10,13-14,19-22,25,27H2,1-6H3,(H,46,58)(H,47,56)(H,48,57)(H,49,55)(H,50,51,52,53). The summed E-state index contributed by atoms with van der Waals surface area (Å²) < 4.78 is 5.37. The van der Waals surface area contributed by atoms with Gasteiger partial charge in [-0.05, 0) is 163 Å². The van der Waals surface area contributed by atoms with E-state index in [1.165, 1.54) is 0 Å². The Morgan fingerprint density at radius 2 is 1.53 bits per heavy atom. The first kappa shape index (κ1) is 43.0. The van der Waals surface area contributed by atoms with Crippen molar-refractivity contribution in [3.8, 4) is 22.5 Å². The predicted octanol–water partition coefficient (Wildman–Crippen LogP) is 6.44. The molecule has 2 saturated carbocycles. The van der Waals surface area contributed by atoms with Crippen LogP contribution >= 0.6 is 0 Å². The zero-order valence-electron chi connectivity index (χ0n) is 35.1. The number of carbonyl (C=O) groups excluding carboxylic acids is 4. The minimum Gasteiger partial charge on any atom is -0.444 e. The molecule has 0 aliphatic heterocycles. The van der Waals surface area contributed by atoms with Crippen molar-refractivity contribution in [3.63, 3.8) is 0 Å². The smallest absolute Gasteiger partial charge is 0.407 e. The van der Waals surface area contributed by atoms with Gasteiger partial charge in [0.05, 0.1) is 0 Å². The molecule has 3 aromatic carbocycles. The molecule has 6 rings (SSSR count). The number of carbonyl (C=O) groups is 4. The van der Waals surface area contributed by atoms with Gasteiger partial charge in [0.15, 0.2) is 0 Å². The molecule has 1 unspecified atom stereocenters. The minimum absolute atomic E-state index is 0.0557. The van der Waals surface area contributed by atoms with Gasteiger partial charge in [0.1, 0.15) is 11.6 Å². The number of aromatic nitrogens is 4. The fraction of sp³-hybridized carbons (Fsp3) is 0.489. The molecule has 0 saturated heterocycles. The maximum atomic E-state index is 13.9. The van der Waals surface area contributed by atoms with E-state index >= 15 is 0 Å². The van der Waals surface area contributed by atoms with Gasteiger partial charge in [0.2, 0.25) is 17.6 Å². The van der Waals surface area contributed by atoms with Crippen LogP contribution in [-0.2, 0) is 20.7 Å². The van der Waals surface area contributed by atoms with Crippen LogP contribution in [0.2, 0.25) is 0 Å². The van der Waals surface area contributed by atoms with Crippen molar-refractivity contribution in [1.29, 1.82) is 0 Å². The molecule has 2 fully saturated rings. The zero-order valence-corrected chi connectivity index (χ0v) is 35.1. The van der Waals surface area contributed by atoms with Gasteiger partial charge in [-0.1, -0.05) is 30.3 Å². The number of H-pyrrole nitrogens is 1. The molecule has 1 atom stereocenters. The van der Waals surface area contributed by atoms with Gasteiger partial charge in [0.25, 0.3) is 5.91 Å². The number of anilines is 1. The molecule has 4 aromatic rings. The Bertz CT molecular complexity index is 2030. The molecule has 0 spiro atoms. The van der Waals surface area contributed by atoms with E-state index in [-0.39, 0.29) is 42.0 Å². The van der Waals surface area contributed by atoms with Gasteiger partial charge >= 0.3 is 6.09 Å². The number of tetrazole rings is 1. The molecular formula is C45H59N9O5. The van der Waals surface area contributed by atoms with Gasteiger partial charge in [-0.3, -0.25) is 14.4 Å². The molecule has 5 N–H and O–H groups in total. The first-order valence-corrected chi connectivity index (χ1v) is 20.8. The van der Waals surface area contributed by atoms with E-state index in [2.05, 4.69) is 67.0 Å². The molecule has 4 amide bonds. The fourth-order valence-corrected chi connectivity index (χ4v) is 8.04. The largest absolute Gasteiger partial charge is 0.444 e. The molecule has 59 heavy (non-hydrogen) atoms. The van der Waals surface area contributed by atoms with E-state index in [1.807, 2.05) is 64.1 Å². The molecule has 1 aromatic heterocycles. The van der Waals surface area contributed by atoms with Crippen molar-refractivity contribution in [3.05, 3.63) is 83.4 Å². The Morgan fingerprint density at radius 3 is 2.15 bits per heavy atom. The topological polar surface area (TPSA) is 183 Å². The number of alkyl carbamates (subject to hydrolysis) is 1. The van der Waals surface area contributed by atoms with Gasteiger partial charge in [-0.25, -0.2) is 4.79 Å². The van der Waals surface area contributed by atoms with Crippen molar-refractivity contribution in [2.75, 3.05) is 26.0 Å². The van der Waals surface area contributed by atoms with Gasteiger partial charge in [-0.2, -0.15) is 5.21 Å². The number of benzene rings is 3. The number of hydrogen-bond acceptors (Lipinski definition) is 9. The van der Waals surface area contributed by atoms with E-state index in [4.69, 9.17) is 4.74 Å². The van der Waals surface area contributed by atoms with Crippen LogP contribution in [0.5, 0.6) is 0 Å². The molecule has 14 heteroatoms. The highest BCUT2D eigenvalue weighted by molar-refractivity contribution is 5.98. The highest BCUT2D eigenvalue weighted by atomic mass is 16.6. The molecule has 14 nitrogen and oxygen atoms in total. The predicted molar refractivity (Wildman–Crippen MR) is 227 cm³/mol. The van der Waals surface area contributed by atoms with Crippen molar-refractivity contribution in [2.24, 2.45) is 11.8 Å². The average molecular weight is 806 g/mol. The Morgan fingerprint density at radius 1 is 0.847 bits per heavy atom. The Balaban J connectivity index is 1.11. The van der Waals surface area contributed by atoms with Crippen LogP contribution in [0.1, 0.15) is 93.6 Å². The number of rotatable bonds is 13. The van der Waals surface area contributed by atoms with Crippen molar-refractivity contribution < 1.29 is 23.9 Å². The maximum absolute atomic E-state index is 13.9. The number of ether oxygens (including phenoxy) is 1. The molecule has 2 aliphatic rings. The SMILES string of the molecule is Cc1cc(C(=O)NC2CCC(N(C)C)CC2)cc(-c2ccc(CC(NC(=O)C3CCC(CNC(=O)OC(C)(C)C)CC3)C(=O)Nc3ccc(-c4nn[nH]n4)cc3)cc2)c1. The summed E-state index contributed by atoms with van der Waals surface area (Å²) in [5.74, 6) is -0.125. The molecule has 0 radical (unpaired) electrons. The average Bonchev–Trinajstić information content (AvgIpc) is 3.75. The lowest BCUT2D eigenvalue weighted by Crippen LogP contribution is -2.48. The molecule has 2 aliphatic carbocycles. The van der Waals surface area contributed by atoms with Crippen LogP contribution < -0.4 is 21.3 Å². The number of nitrogens with zero attached hydrogens (tertiary/aromatic N) is 4. The summed E-state index contributed by atoms with van der Waals surface area (Å²) in [6, 6.07) is 20.8. The third kappa shape index (κ3) is 12.4. The maximum Gasteiger partial charge on any atom is 0.407 e. The normalized spacial score (nSPS) is 20.0. The second-order valence-corrected chi connectivity index (χ2v) is 17.4. The third-order valence-corrected chi connectivity index (χ3v) is 11.4. The summed E-state index contributed by atoms with van der Waals surface area (Å²) in [6.07, 6.45) is 6.77. The monoisotopic (exact) mass is 805 g/mol. The number of amides is 4. The van der Waals surface area contributed by atoms with Crippen molar-refractivity contribution in [1.82, 2.24) is 41.5 Å². The van der Waals surface area contributed by atoms with Crippen LogP contribution in [-0.4, -0.2) is 93.7 Å². The Kier molecular flexibility index (Phi) is 14.1. The Hall–Kier alpha value is -5.63. The molecular weight excluding hydrogens is 747 g/mol. The number of aromatic amines is 1. The number of aryl methyl sites for hydroxylation is 1. The lowest BCUT2D eigenvalue weighted by Gasteiger charge is -2.33. The summed E-state index contributed by atoms with van der Waals surface area (Å²) >= 11 is 0. The van der Waals surface area contributed by atoms with E-state index in [9.17, 15) is 19.2 Å². The molecule has 314 valence electrons. The zero-order chi connectivity index (χ0) is 42.1. The van der Waals surface area contributed by atoms with Crippen LogP contribution in [0.15, 0.2) is 66.7 Å². The van der Waals surface area contributed by atoms with Crippen LogP contribution in [0.25, 0.3) is 22.5 Å². The van der Waals surface area contributed by atoms with Crippen molar-refractivity contribution >= 4 is 29.5 Å². The number of hydrogen-bond donors (Lipinski definition) is 5. The van der Waals surface area contributed by atoms with E-state index in [1.54, 1.807) is 24.3 Å². The first-order chi connectivity index (χ1) is 28.2. The summed E-state index contributed by atoms with van der Waals surface area (Å²) in [5, 5.41) is 26.2. The van der Waals surface area contributed by atoms with Crippen LogP contribution in [0.3, 0.4) is 0 Å². The van der Waals surface area contributed by atoms with Crippen LogP contribution in [0.4, 0.5) is 10.5 Å².